The van der Waals surface area contributed by atoms with Crippen molar-refractivity contribution in [2.75, 3.05) is 7.11 Å². The van der Waals surface area contributed by atoms with Gasteiger partial charge >= 0.3 is 11.9 Å². The third-order valence-corrected chi connectivity index (χ3v) is 7.09. The van der Waals surface area contributed by atoms with Gasteiger partial charge in [-0.2, -0.15) is 0 Å². The van der Waals surface area contributed by atoms with Crippen molar-refractivity contribution in [3.63, 3.8) is 0 Å². The first-order chi connectivity index (χ1) is 11.3. The molecule has 0 aromatic carbocycles. The smallest absolute Gasteiger partial charge is 0.313 e. The van der Waals surface area contributed by atoms with E-state index in [1.54, 1.807) is 19.1 Å². The van der Waals surface area contributed by atoms with Crippen LogP contribution in [0.4, 0.5) is 0 Å². The number of carbonyl (C=O) groups excluding carboxylic acids is 2. The summed E-state index contributed by atoms with van der Waals surface area (Å²) in [6.07, 6.45) is 8.24. The molecule has 2 bridgehead atoms. The van der Waals surface area contributed by atoms with Crippen LogP contribution in [0.3, 0.4) is 0 Å². The van der Waals surface area contributed by atoms with Crippen molar-refractivity contribution in [3.05, 3.63) is 23.8 Å². The van der Waals surface area contributed by atoms with E-state index < -0.39 is 28.6 Å². The zero-order chi connectivity index (χ0) is 17.3. The zero-order valence-electron chi connectivity index (χ0n) is 14.0. The van der Waals surface area contributed by atoms with Gasteiger partial charge in [0, 0.05) is 18.3 Å². The number of ketones is 1. The first-order valence-corrected chi connectivity index (χ1v) is 8.58. The Hall–Kier alpha value is -1.91. The molecule has 0 aromatic heterocycles. The van der Waals surface area contributed by atoms with Crippen LogP contribution < -0.4 is 0 Å². The fourth-order valence-electron chi connectivity index (χ4n) is 6.07. The second kappa shape index (κ2) is 4.80. The maximum absolute atomic E-state index is 12.7. The minimum Gasteiger partial charge on any atom is -0.481 e. The fourth-order valence-corrected chi connectivity index (χ4v) is 6.07. The second-order valence-corrected chi connectivity index (χ2v) is 8.00. The first-order valence-electron chi connectivity index (χ1n) is 8.58. The maximum Gasteiger partial charge on any atom is 0.313 e. The molecule has 4 rings (SSSR count). The van der Waals surface area contributed by atoms with Gasteiger partial charge in [0.1, 0.15) is 5.78 Å². The molecule has 0 aliphatic heterocycles. The molecule has 1 spiro atoms. The summed E-state index contributed by atoms with van der Waals surface area (Å²) in [5.74, 6) is -1.92. The molecular formula is C19H22O5. The SMILES string of the molecule is COC(=O)[C@H]1[C@H]2C(=CC=C[C@@]2(C)C(=O)O)[C@@H]2CC[C@@H]3C[C@@]21CC3=O. The Balaban J connectivity index is 1.91. The number of rotatable bonds is 2. The summed E-state index contributed by atoms with van der Waals surface area (Å²) >= 11 is 0. The Kier molecular flexibility index (Phi) is 3.12. The van der Waals surface area contributed by atoms with E-state index in [-0.39, 0.29) is 23.6 Å². The number of carboxylic acid groups (broad SMARTS) is 1. The van der Waals surface area contributed by atoms with Gasteiger partial charge in [0.05, 0.1) is 18.4 Å². The molecule has 5 heteroatoms. The van der Waals surface area contributed by atoms with E-state index in [0.29, 0.717) is 12.8 Å². The predicted octanol–water partition coefficient (Wildman–Crippen LogP) is 2.37. The number of ether oxygens (including phenoxy) is 1. The lowest BCUT2D eigenvalue weighted by Crippen LogP contribution is -2.44. The molecule has 0 radical (unpaired) electrons. The average molecular weight is 330 g/mol. The number of carbonyl (C=O) groups is 3. The topological polar surface area (TPSA) is 80.7 Å². The summed E-state index contributed by atoms with van der Waals surface area (Å²) in [6.45, 7) is 1.68. The van der Waals surface area contributed by atoms with Crippen LogP contribution in [-0.4, -0.2) is 29.9 Å². The van der Waals surface area contributed by atoms with Gasteiger partial charge in [-0.15, -0.1) is 0 Å². The Labute approximate surface area is 140 Å². The normalized spacial score (nSPS) is 45.4. The summed E-state index contributed by atoms with van der Waals surface area (Å²) < 4.78 is 5.09. The molecule has 0 heterocycles. The molecule has 1 N–H and O–H groups in total. The van der Waals surface area contributed by atoms with Gasteiger partial charge in [-0.05, 0) is 37.5 Å². The predicted molar refractivity (Wildman–Crippen MR) is 84.8 cm³/mol. The highest BCUT2D eigenvalue weighted by Gasteiger charge is 2.70. The number of esters is 1. The van der Waals surface area contributed by atoms with Gasteiger partial charge in [-0.25, -0.2) is 0 Å². The lowest BCUT2D eigenvalue weighted by molar-refractivity contribution is -0.157. The fraction of sp³-hybridized carbons (Fsp3) is 0.632. The Morgan fingerprint density at radius 3 is 2.75 bits per heavy atom. The molecule has 24 heavy (non-hydrogen) atoms. The van der Waals surface area contributed by atoms with Gasteiger partial charge in [0.2, 0.25) is 0 Å². The molecule has 0 amide bonds. The van der Waals surface area contributed by atoms with E-state index in [1.165, 1.54) is 7.11 Å². The van der Waals surface area contributed by atoms with Crippen LogP contribution in [0.5, 0.6) is 0 Å². The van der Waals surface area contributed by atoms with E-state index >= 15 is 0 Å². The van der Waals surface area contributed by atoms with Crippen LogP contribution in [0.25, 0.3) is 0 Å². The van der Waals surface area contributed by atoms with Crippen LogP contribution in [0.1, 0.15) is 32.6 Å². The van der Waals surface area contributed by atoms with Crippen molar-refractivity contribution < 1.29 is 24.2 Å². The Morgan fingerprint density at radius 1 is 1.33 bits per heavy atom. The van der Waals surface area contributed by atoms with Crippen LogP contribution >= 0.6 is 0 Å². The lowest BCUT2D eigenvalue weighted by atomic mass is 9.62. The largest absolute Gasteiger partial charge is 0.481 e. The van der Waals surface area contributed by atoms with E-state index in [2.05, 4.69) is 0 Å². The molecule has 128 valence electrons. The van der Waals surface area contributed by atoms with Gasteiger partial charge in [-0.1, -0.05) is 23.8 Å². The monoisotopic (exact) mass is 330 g/mol. The number of Topliss-reactive ketones (excluding diaryl/α,β-unsaturated/α-hetero) is 1. The van der Waals surface area contributed by atoms with Gasteiger partial charge in [0.15, 0.2) is 0 Å². The van der Waals surface area contributed by atoms with Crippen molar-refractivity contribution in [1.29, 1.82) is 0 Å². The van der Waals surface area contributed by atoms with Crippen LogP contribution in [0.15, 0.2) is 23.8 Å². The Bertz CT molecular complexity index is 705. The number of aliphatic carboxylic acids is 1. The van der Waals surface area contributed by atoms with Crippen molar-refractivity contribution in [2.24, 2.45) is 34.5 Å². The molecule has 3 saturated carbocycles. The minimum atomic E-state index is -1.14. The van der Waals surface area contributed by atoms with Crippen molar-refractivity contribution in [3.8, 4) is 0 Å². The van der Waals surface area contributed by atoms with E-state index in [0.717, 1.165) is 18.4 Å². The van der Waals surface area contributed by atoms with Gasteiger partial charge in [0.25, 0.3) is 0 Å². The Morgan fingerprint density at radius 2 is 2.08 bits per heavy atom. The summed E-state index contributed by atoms with van der Waals surface area (Å²) in [6, 6.07) is 0. The molecule has 0 saturated heterocycles. The summed E-state index contributed by atoms with van der Waals surface area (Å²) in [5.41, 5.74) is -0.561. The standard InChI is InChI=1S/C19H22O5/c1-18(17(22)23)7-3-4-11-12-6-5-10-8-19(12,9-13(10)20)15(14(11)18)16(21)24-2/h3-4,7,10,12,14-15H,5-6,8-9H2,1-2H3,(H,22,23)/t10-,12+,14-,15-,18-,19-/m1/s1. The lowest BCUT2D eigenvalue weighted by Gasteiger charge is -2.39. The van der Waals surface area contributed by atoms with Gasteiger partial charge in [-0.3, -0.25) is 14.4 Å². The average Bonchev–Trinajstić information content (AvgIpc) is 2.98. The van der Waals surface area contributed by atoms with Crippen LogP contribution in [0, 0.1) is 34.5 Å². The number of allylic oxidation sites excluding steroid dienone is 3. The number of methoxy groups -OCH3 is 1. The molecule has 4 aliphatic rings. The number of fused-ring (bicyclic) bond motifs is 3. The molecule has 0 aromatic rings. The van der Waals surface area contributed by atoms with Crippen molar-refractivity contribution in [1.82, 2.24) is 0 Å². The zero-order valence-corrected chi connectivity index (χ0v) is 14.0. The molecule has 5 nitrogen and oxygen atoms in total. The summed E-state index contributed by atoms with van der Waals surface area (Å²) in [7, 11) is 1.35. The maximum atomic E-state index is 12.7. The summed E-state index contributed by atoms with van der Waals surface area (Å²) in [4.78, 5) is 37.2. The molecule has 6 atom stereocenters. The third kappa shape index (κ3) is 1.68. The minimum absolute atomic E-state index is 0.0261. The van der Waals surface area contributed by atoms with Crippen LogP contribution in [0.2, 0.25) is 0 Å². The van der Waals surface area contributed by atoms with Crippen molar-refractivity contribution in [2.45, 2.75) is 32.6 Å². The van der Waals surface area contributed by atoms with E-state index in [9.17, 15) is 19.5 Å². The number of hydrogen-bond donors (Lipinski definition) is 1. The second-order valence-electron chi connectivity index (χ2n) is 8.00. The highest BCUT2D eigenvalue weighted by atomic mass is 16.5. The first kappa shape index (κ1) is 15.6. The van der Waals surface area contributed by atoms with Crippen molar-refractivity contribution >= 4 is 17.7 Å². The molecule has 3 fully saturated rings. The quantitative estimate of drug-likeness (QED) is 0.786. The number of carboxylic acids is 1. The molecule has 0 unspecified atom stereocenters. The molecule has 4 aliphatic carbocycles. The van der Waals surface area contributed by atoms with E-state index in [4.69, 9.17) is 4.74 Å². The number of hydrogen-bond acceptors (Lipinski definition) is 4. The van der Waals surface area contributed by atoms with Gasteiger partial charge < -0.3 is 9.84 Å². The third-order valence-electron chi connectivity index (χ3n) is 7.09. The summed E-state index contributed by atoms with van der Waals surface area (Å²) in [5, 5.41) is 9.87. The highest BCUT2D eigenvalue weighted by Crippen LogP contribution is 2.70. The van der Waals surface area contributed by atoms with E-state index in [1.807, 2.05) is 6.08 Å². The highest BCUT2D eigenvalue weighted by molar-refractivity contribution is 5.89. The van der Waals surface area contributed by atoms with Crippen LogP contribution in [-0.2, 0) is 19.1 Å². The molecular weight excluding hydrogens is 308 g/mol.